The molecular formula is C25H24N6O3. The molecular weight excluding hydrogens is 432 g/mol. The van der Waals surface area contributed by atoms with Gasteiger partial charge >= 0.3 is 0 Å². The van der Waals surface area contributed by atoms with Crippen molar-refractivity contribution in [2.24, 2.45) is 0 Å². The normalized spacial score (nSPS) is 15.5. The standard InChI is InChI=1S/C25H24N6O3/c1-14-19-10-17(8-9-18(19)24(33)27-14)29-23-11-21(20(12-26-23)25-28-15(2)31-34-25)30-22(13-32)16-6-4-3-5-7-16/h3-12,14,22,32H,13H2,1-2H3,(H,27,33)(H2,26,29,30)/t14?,22-/m1/s1. The van der Waals surface area contributed by atoms with Crippen molar-refractivity contribution in [1.82, 2.24) is 20.4 Å². The zero-order valence-electron chi connectivity index (χ0n) is 18.7. The van der Waals surface area contributed by atoms with Crippen LogP contribution in [0.5, 0.6) is 0 Å². The summed E-state index contributed by atoms with van der Waals surface area (Å²) in [6.45, 7) is 3.59. The Balaban J connectivity index is 1.49. The lowest BCUT2D eigenvalue weighted by molar-refractivity contribution is 0.0958. The molecule has 0 aliphatic carbocycles. The highest BCUT2D eigenvalue weighted by Crippen LogP contribution is 2.33. The summed E-state index contributed by atoms with van der Waals surface area (Å²) < 4.78 is 5.38. The predicted molar refractivity (Wildman–Crippen MR) is 128 cm³/mol. The number of carbonyl (C=O) groups excluding carboxylic acids is 1. The molecule has 0 saturated carbocycles. The molecule has 2 atom stereocenters. The van der Waals surface area contributed by atoms with Gasteiger partial charge in [0.15, 0.2) is 5.82 Å². The molecule has 9 heteroatoms. The van der Waals surface area contributed by atoms with Crippen molar-refractivity contribution in [1.29, 1.82) is 0 Å². The maximum absolute atomic E-state index is 12.0. The number of aliphatic hydroxyl groups is 1. The molecule has 2 aromatic carbocycles. The molecule has 1 amide bonds. The maximum atomic E-state index is 12.0. The molecule has 34 heavy (non-hydrogen) atoms. The summed E-state index contributed by atoms with van der Waals surface area (Å²) in [6, 6.07) is 16.7. The monoisotopic (exact) mass is 456 g/mol. The van der Waals surface area contributed by atoms with Crippen molar-refractivity contribution in [3.63, 3.8) is 0 Å². The van der Waals surface area contributed by atoms with E-state index in [1.54, 1.807) is 13.1 Å². The summed E-state index contributed by atoms with van der Waals surface area (Å²) in [5.74, 6) is 1.37. The van der Waals surface area contributed by atoms with Gasteiger partial charge in [-0.05, 0) is 43.2 Å². The molecule has 2 aromatic heterocycles. The van der Waals surface area contributed by atoms with E-state index in [2.05, 4.69) is 31.1 Å². The van der Waals surface area contributed by atoms with Crippen LogP contribution in [0.3, 0.4) is 0 Å². The first-order valence-electron chi connectivity index (χ1n) is 11.0. The summed E-state index contributed by atoms with van der Waals surface area (Å²) in [6.07, 6.45) is 1.65. The quantitative estimate of drug-likeness (QED) is 0.327. The van der Waals surface area contributed by atoms with Crippen LogP contribution in [0.25, 0.3) is 11.5 Å². The number of fused-ring (bicyclic) bond motifs is 1. The lowest BCUT2D eigenvalue weighted by Crippen LogP contribution is -2.16. The largest absolute Gasteiger partial charge is 0.394 e. The Morgan fingerprint density at radius 1 is 1.15 bits per heavy atom. The van der Waals surface area contributed by atoms with Gasteiger partial charge in [-0.25, -0.2) is 4.98 Å². The van der Waals surface area contributed by atoms with E-state index in [0.717, 1.165) is 16.8 Å². The van der Waals surface area contributed by atoms with Gasteiger partial charge < -0.3 is 25.6 Å². The zero-order valence-corrected chi connectivity index (χ0v) is 18.7. The van der Waals surface area contributed by atoms with E-state index in [1.807, 2.05) is 61.5 Å². The van der Waals surface area contributed by atoms with Crippen LogP contribution in [0.2, 0.25) is 0 Å². The van der Waals surface area contributed by atoms with E-state index in [0.29, 0.717) is 34.3 Å². The van der Waals surface area contributed by atoms with Crippen LogP contribution in [-0.2, 0) is 0 Å². The Labute approximate surface area is 196 Å². The van der Waals surface area contributed by atoms with Gasteiger partial charge in [-0.15, -0.1) is 0 Å². The fourth-order valence-corrected chi connectivity index (χ4v) is 4.03. The van der Waals surface area contributed by atoms with Crippen molar-refractivity contribution in [2.75, 3.05) is 17.2 Å². The highest BCUT2D eigenvalue weighted by atomic mass is 16.5. The number of amides is 1. The highest BCUT2D eigenvalue weighted by molar-refractivity contribution is 5.99. The molecule has 0 radical (unpaired) electrons. The number of nitrogens with one attached hydrogen (secondary N) is 3. The van der Waals surface area contributed by atoms with Gasteiger partial charge in [-0.2, -0.15) is 4.98 Å². The SMILES string of the molecule is Cc1noc(-c2cnc(Nc3ccc4c(c3)C(C)NC4=O)cc2N[C@H](CO)c2ccccc2)n1. The third-order valence-corrected chi connectivity index (χ3v) is 5.76. The molecule has 4 aromatic rings. The van der Waals surface area contributed by atoms with Crippen LogP contribution >= 0.6 is 0 Å². The lowest BCUT2D eigenvalue weighted by atomic mass is 10.0. The lowest BCUT2D eigenvalue weighted by Gasteiger charge is -2.20. The van der Waals surface area contributed by atoms with Gasteiger partial charge in [0.05, 0.1) is 29.9 Å². The van der Waals surface area contributed by atoms with E-state index in [-0.39, 0.29) is 24.6 Å². The Morgan fingerprint density at radius 3 is 2.71 bits per heavy atom. The molecule has 1 aliphatic rings. The predicted octanol–water partition coefficient (Wildman–Crippen LogP) is 4.13. The number of anilines is 3. The minimum atomic E-state index is -0.350. The number of pyridine rings is 1. The topological polar surface area (TPSA) is 125 Å². The van der Waals surface area contributed by atoms with Crippen molar-refractivity contribution < 1.29 is 14.4 Å². The number of aliphatic hydroxyl groups excluding tert-OH is 1. The molecule has 172 valence electrons. The molecule has 3 heterocycles. The van der Waals surface area contributed by atoms with E-state index >= 15 is 0 Å². The van der Waals surface area contributed by atoms with Crippen LogP contribution in [0, 0.1) is 6.92 Å². The van der Waals surface area contributed by atoms with E-state index in [4.69, 9.17) is 4.52 Å². The van der Waals surface area contributed by atoms with Crippen LogP contribution in [0.1, 0.15) is 46.3 Å². The van der Waals surface area contributed by atoms with Crippen molar-refractivity contribution in [2.45, 2.75) is 25.9 Å². The number of rotatable bonds is 7. The van der Waals surface area contributed by atoms with Crippen LogP contribution in [-0.4, -0.2) is 32.7 Å². The molecule has 0 fully saturated rings. The average molecular weight is 457 g/mol. The van der Waals surface area contributed by atoms with Gasteiger partial charge in [-0.3, -0.25) is 4.79 Å². The molecule has 4 N–H and O–H groups in total. The number of hydrogen-bond acceptors (Lipinski definition) is 8. The van der Waals surface area contributed by atoms with Crippen LogP contribution < -0.4 is 16.0 Å². The van der Waals surface area contributed by atoms with Gasteiger partial charge in [-0.1, -0.05) is 35.5 Å². The second-order valence-corrected chi connectivity index (χ2v) is 8.17. The molecule has 0 spiro atoms. The summed E-state index contributed by atoms with van der Waals surface area (Å²) >= 11 is 0. The molecule has 0 saturated heterocycles. The summed E-state index contributed by atoms with van der Waals surface area (Å²) in [5.41, 5.74) is 4.67. The molecule has 1 aliphatic heterocycles. The van der Waals surface area contributed by atoms with Gasteiger partial charge in [0.2, 0.25) is 0 Å². The van der Waals surface area contributed by atoms with Crippen molar-refractivity contribution >= 4 is 23.1 Å². The minimum Gasteiger partial charge on any atom is -0.394 e. The zero-order chi connectivity index (χ0) is 23.7. The van der Waals surface area contributed by atoms with Gasteiger partial charge in [0, 0.05) is 23.5 Å². The van der Waals surface area contributed by atoms with Crippen LogP contribution in [0.15, 0.2) is 65.3 Å². The Morgan fingerprint density at radius 2 is 1.97 bits per heavy atom. The molecule has 9 nitrogen and oxygen atoms in total. The first kappa shape index (κ1) is 21.6. The Hall–Kier alpha value is -4.24. The Kier molecular flexibility index (Phi) is 5.69. The first-order chi connectivity index (χ1) is 16.5. The van der Waals surface area contributed by atoms with Gasteiger partial charge in [0.1, 0.15) is 5.82 Å². The smallest absolute Gasteiger partial charge is 0.261 e. The third-order valence-electron chi connectivity index (χ3n) is 5.76. The number of benzene rings is 2. The van der Waals surface area contributed by atoms with Crippen molar-refractivity contribution in [3.05, 3.63) is 83.3 Å². The number of aromatic nitrogens is 3. The summed E-state index contributed by atoms with van der Waals surface area (Å²) in [4.78, 5) is 20.9. The highest BCUT2D eigenvalue weighted by Gasteiger charge is 2.25. The second-order valence-electron chi connectivity index (χ2n) is 8.17. The number of aryl methyl sites for hydroxylation is 1. The molecule has 0 bridgehead atoms. The summed E-state index contributed by atoms with van der Waals surface area (Å²) in [5, 5.41) is 23.6. The fraction of sp³-hybridized carbons (Fsp3) is 0.200. The minimum absolute atomic E-state index is 0.0474. The number of carbonyl (C=O) groups is 1. The maximum Gasteiger partial charge on any atom is 0.261 e. The fourth-order valence-electron chi connectivity index (χ4n) is 4.03. The average Bonchev–Trinajstić information content (AvgIpc) is 3.40. The molecule has 5 rings (SSSR count). The number of hydrogen-bond donors (Lipinski definition) is 4. The number of nitrogens with zero attached hydrogens (tertiary/aromatic N) is 3. The molecule has 1 unspecified atom stereocenters. The van der Waals surface area contributed by atoms with E-state index in [9.17, 15) is 9.90 Å². The van der Waals surface area contributed by atoms with E-state index < -0.39 is 0 Å². The Bertz CT molecular complexity index is 1340. The van der Waals surface area contributed by atoms with Gasteiger partial charge in [0.25, 0.3) is 11.8 Å². The third kappa shape index (κ3) is 4.20. The van der Waals surface area contributed by atoms with Crippen LogP contribution in [0.4, 0.5) is 17.2 Å². The second kappa shape index (κ2) is 8.95. The summed E-state index contributed by atoms with van der Waals surface area (Å²) in [7, 11) is 0. The van der Waals surface area contributed by atoms with Crippen molar-refractivity contribution in [3.8, 4) is 11.5 Å². The van der Waals surface area contributed by atoms with E-state index in [1.165, 1.54) is 0 Å². The first-order valence-corrected chi connectivity index (χ1v) is 11.0.